The van der Waals surface area contributed by atoms with Gasteiger partial charge in [0.25, 0.3) is 0 Å². The van der Waals surface area contributed by atoms with Gasteiger partial charge < -0.3 is 10.1 Å². The number of benzene rings is 1. The highest BCUT2D eigenvalue weighted by molar-refractivity contribution is 5.29. The van der Waals surface area contributed by atoms with E-state index in [1.807, 2.05) is 18.2 Å². The Labute approximate surface area is 128 Å². The summed E-state index contributed by atoms with van der Waals surface area (Å²) in [6, 6.07) is 11.0. The van der Waals surface area contributed by atoms with Crippen molar-refractivity contribution in [1.82, 2.24) is 5.32 Å². The minimum absolute atomic E-state index is 0.102. The maximum Gasteiger partial charge on any atom is 0.174 e. The van der Waals surface area contributed by atoms with E-state index >= 15 is 0 Å². The second kappa shape index (κ2) is 6.95. The molecule has 1 fully saturated rings. The lowest BCUT2D eigenvalue weighted by atomic mass is 9.75. The van der Waals surface area contributed by atoms with E-state index in [4.69, 9.17) is 10.00 Å². The van der Waals surface area contributed by atoms with Crippen LogP contribution in [0.1, 0.15) is 58.1 Å². The number of nitriles is 1. The first-order valence-electron chi connectivity index (χ1n) is 7.86. The molecule has 0 amide bonds. The molecular weight excluding hydrogens is 260 g/mol. The molecule has 0 radical (unpaired) electrons. The molecule has 3 nitrogen and oxygen atoms in total. The zero-order valence-corrected chi connectivity index (χ0v) is 13.4. The van der Waals surface area contributed by atoms with Crippen LogP contribution in [0, 0.1) is 16.7 Å². The molecule has 1 aliphatic rings. The number of nitrogens with zero attached hydrogens (tertiary/aromatic N) is 1. The summed E-state index contributed by atoms with van der Waals surface area (Å²) in [6.45, 7) is 7.05. The summed E-state index contributed by atoms with van der Waals surface area (Å²) >= 11 is 0. The molecule has 1 unspecified atom stereocenters. The van der Waals surface area contributed by atoms with Crippen molar-refractivity contribution in [3.05, 3.63) is 29.8 Å². The number of ether oxygens (including phenoxy) is 1. The molecule has 0 bridgehead atoms. The van der Waals surface area contributed by atoms with E-state index in [9.17, 15) is 0 Å². The lowest BCUT2D eigenvalue weighted by molar-refractivity contribution is 0.200. The van der Waals surface area contributed by atoms with Crippen molar-refractivity contribution in [2.45, 2.75) is 58.5 Å². The Morgan fingerprint density at radius 2 is 1.90 bits per heavy atom. The molecule has 21 heavy (non-hydrogen) atoms. The van der Waals surface area contributed by atoms with Gasteiger partial charge in [-0.3, -0.25) is 0 Å². The van der Waals surface area contributed by atoms with Crippen LogP contribution in [0.25, 0.3) is 0 Å². The summed E-state index contributed by atoms with van der Waals surface area (Å²) in [7, 11) is 0. The van der Waals surface area contributed by atoms with Crippen molar-refractivity contribution < 1.29 is 4.74 Å². The number of hydrogen-bond acceptors (Lipinski definition) is 3. The summed E-state index contributed by atoms with van der Waals surface area (Å²) < 4.78 is 5.28. The summed E-state index contributed by atoms with van der Waals surface area (Å²) in [5, 5.41) is 12.2. The summed E-state index contributed by atoms with van der Waals surface area (Å²) in [4.78, 5) is 0. The van der Waals surface area contributed by atoms with Crippen LogP contribution >= 0.6 is 0 Å². The van der Waals surface area contributed by atoms with Crippen LogP contribution in [-0.4, -0.2) is 12.6 Å². The van der Waals surface area contributed by atoms with Crippen molar-refractivity contribution in [3.63, 3.8) is 0 Å². The van der Waals surface area contributed by atoms with Crippen LogP contribution in [-0.2, 0) is 0 Å². The first kappa shape index (κ1) is 15.9. The van der Waals surface area contributed by atoms with Gasteiger partial charge in [-0.25, -0.2) is 0 Å². The highest BCUT2D eigenvalue weighted by Crippen LogP contribution is 2.35. The Balaban J connectivity index is 1.86. The fourth-order valence-electron chi connectivity index (χ4n) is 2.98. The SMILES string of the molecule is CC(NC1CCC(C)(C)CC1)c1ccc(OCC#N)cc1. The van der Waals surface area contributed by atoms with E-state index in [-0.39, 0.29) is 6.61 Å². The van der Waals surface area contributed by atoms with Crippen LogP contribution in [0.4, 0.5) is 0 Å². The van der Waals surface area contributed by atoms with Gasteiger partial charge >= 0.3 is 0 Å². The first-order valence-corrected chi connectivity index (χ1v) is 7.86. The summed E-state index contributed by atoms with van der Waals surface area (Å²) in [6.07, 6.45) is 5.14. The van der Waals surface area contributed by atoms with Gasteiger partial charge in [-0.1, -0.05) is 26.0 Å². The number of rotatable bonds is 5. The van der Waals surface area contributed by atoms with Gasteiger partial charge in [0.2, 0.25) is 0 Å². The number of nitrogens with one attached hydrogen (secondary N) is 1. The molecule has 1 aliphatic carbocycles. The maximum absolute atomic E-state index is 8.50. The average Bonchev–Trinajstić information content (AvgIpc) is 2.48. The Morgan fingerprint density at radius 1 is 1.29 bits per heavy atom. The summed E-state index contributed by atoms with van der Waals surface area (Å²) in [5.74, 6) is 0.756. The molecule has 0 heterocycles. The highest BCUT2D eigenvalue weighted by atomic mass is 16.5. The number of hydrogen-bond donors (Lipinski definition) is 1. The highest BCUT2D eigenvalue weighted by Gasteiger charge is 2.27. The molecule has 1 saturated carbocycles. The van der Waals surface area contributed by atoms with Crippen molar-refractivity contribution >= 4 is 0 Å². The van der Waals surface area contributed by atoms with Crippen molar-refractivity contribution in [1.29, 1.82) is 5.26 Å². The first-order chi connectivity index (χ1) is 10.00. The smallest absolute Gasteiger partial charge is 0.174 e. The second-order valence-corrected chi connectivity index (χ2v) is 6.84. The lowest BCUT2D eigenvalue weighted by Gasteiger charge is -2.36. The molecule has 0 spiro atoms. The molecule has 1 aromatic rings. The Kier molecular flexibility index (Phi) is 5.25. The zero-order valence-electron chi connectivity index (χ0n) is 13.4. The minimum Gasteiger partial charge on any atom is -0.479 e. The van der Waals surface area contributed by atoms with Crippen LogP contribution in [0.15, 0.2) is 24.3 Å². The molecule has 0 aromatic heterocycles. The Morgan fingerprint density at radius 3 is 2.48 bits per heavy atom. The lowest BCUT2D eigenvalue weighted by Crippen LogP contribution is -2.36. The van der Waals surface area contributed by atoms with E-state index in [0.717, 1.165) is 5.75 Å². The third-order valence-electron chi connectivity index (χ3n) is 4.51. The molecule has 114 valence electrons. The van der Waals surface area contributed by atoms with E-state index in [2.05, 4.69) is 38.2 Å². The zero-order chi connectivity index (χ0) is 15.3. The van der Waals surface area contributed by atoms with Gasteiger partial charge in [-0.2, -0.15) is 5.26 Å². The van der Waals surface area contributed by atoms with E-state index in [0.29, 0.717) is 17.5 Å². The van der Waals surface area contributed by atoms with Crippen molar-refractivity contribution in [2.75, 3.05) is 6.61 Å². The quantitative estimate of drug-likeness (QED) is 0.882. The largest absolute Gasteiger partial charge is 0.479 e. The second-order valence-electron chi connectivity index (χ2n) is 6.84. The fraction of sp³-hybridized carbons (Fsp3) is 0.611. The van der Waals surface area contributed by atoms with Gasteiger partial charge in [0.05, 0.1) is 0 Å². The van der Waals surface area contributed by atoms with Crippen molar-refractivity contribution in [3.8, 4) is 11.8 Å². The van der Waals surface area contributed by atoms with Crippen LogP contribution in [0.3, 0.4) is 0 Å². The van der Waals surface area contributed by atoms with Gasteiger partial charge in [0, 0.05) is 12.1 Å². The Hall–Kier alpha value is -1.53. The van der Waals surface area contributed by atoms with Crippen LogP contribution in [0.2, 0.25) is 0 Å². The standard InChI is InChI=1S/C18H26N2O/c1-14(20-16-8-10-18(2,3)11-9-16)15-4-6-17(7-5-15)21-13-12-19/h4-7,14,16,20H,8-11,13H2,1-3H3. The normalized spacial score (nSPS) is 19.7. The monoisotopic (exact) mass is 286 g/mol. The van der Waals surface area contributed by atoms with Gasteiger partial charge in [-0.05, 0) is 55.7 Å². The maximum atomic E-state index is 8.50. The molecule has 1 aromatic carbocycles. The van der Waals surface area contributed by atoms with E-state index in [1.165, 1.54) is 31.2 Å². The fourth-order valence-corrected chi connectivity index (χ4v) is 2.98. The molecule has 2 rings (SSSR count). The molecule has 1 atom stereocenters. The van der Waals surface area contributed by atoms with Gasteiger partial charge in [-0.15, -0.1) is 0 Å². The molecule has 3 heteroatoms. The molecule has 0 saturated heterocycles. The minimum atomic E-state index is 0.102. The predicted molar refractivity (Wildman–Crippen MR) is 85.1 cm³/mol. The van der Waals surface area contributed by atoms with Gasteiger partial charge in [0.15, 0.2) is 6.61 Å². The molecule has 0 aliphatic heterocycles. The molecule has 1 N–H and O–H groups in total. The third-order valence-corrected chi connectivity index (χ3v) is 4.51. The van der Waals surface area contributed by atoms with E-state index in [1.54, 1.807) is 0 Å². The predicted octanol–water partition coefficient (Wildman–Crippen LogP) is 4.21. The molecular formula is C18H26N2O. The topological polar surface area (TPSA) is 45.0 Å². The average molecular weight is 286 g/mol. The van der Waals surface area contributed by atoms with Crippen LogP contribution < -0.4 is 10.1 Å². The summed E-state index contributed by atoms with van der Waals surface area (Å²) in [5.41, 5.74) is 1.78. The van der Waals surface area contributed by atoms with Crippen LogP contribution in [0.5, 0.6) is 5.75 Å². The van der Waals surface area contributed by atoms with E-state index < -0.39 is 0 Å². The van der Waals surface area contributed by atoms with Gasteiger partial charge in [0.1, 0.15) is 11.8 Å². The van der Waals surface area contributed by atoms with Crippen molar-refractivity contribution in [2.24, 2.45) is 5.41 Å². The third kappa shape index (κ3) is 4.75. The Bertz CT molecular complexity index is 477.